The first-order valence-electron chi connectivity index (χ1n) is 9.53. The van der Waals surface area contributed by atoms with Gasteiger partial charge in [0.15, 0.2) is 0 Å². The first-order chi connectivity index (χ1) is 13.2. The zero-order chi connectivity index (χ0) is 18.8. The average molecular weight is 366 g/mol. The van der Waals surface area contributed by atoms with E-state index in [2.05, 4.69) is 46.2 Å². The zero-order valence-corrected chi connectivity index (χ0v) is 16.1. The number of hydrogen-bond acceptors (Lipinski definition) is 5. The molecule has 1 aromatic carbocycles. The van der Waals surface area contributed by atoms with Gasteiger partial charge in [-0.1, -0.05) is 31.1 Å². The number of likely N-dealkylation sites (tertiary alicyclic amines) is 1. The molecule has 0 aliphatic carbocycles. The molecule has 3 heterocycles. The van der Waals surface area contributed by atoms with Crippen LogP contribution in [0.3, 0.4) is 0 Å². The van der Waals surface area contributed by atoms with Crippen LogP contribution in [0.2, 0.25) is 0 Å². The van der Waals surface area contributed by atoms with Crippen molar-refractivity contribution < 1.29 is 9.26 Å². The van der Waals surface area contributed by atoms with Gasteiger partial charge >= 0.3 is 0 Å². The quantitative estimate of drug-likeness (QED) is 0.694. The van der Waals surface area contributed by atoms with Crippen LogP contribution in [0.25, 0.3) is 11.3 Å². The van der Waals surface area contributed by atoms with Crippen LogP contribution in [0.15, 0.2) is 41.1 Å². The van der Waals surface area contributed by atoms with Crippen LogP contribution in [0.5, 0.6) is 5.75 Å². The average Bonchev–Trinajstić information content (AvgIpc) is 3.42. The maximum Gasteiger partial charge on any atom is 0.139 e. The van der Waals surface area contributed by atoms with Gasteiger partial charge in [0.25, 0.3) is 0 Å². The van der Waals surface area contributed by atoms with Gasteiger partial charge in [-0.3, -0.25) is 10.00 Å². The minimum Gasteiger partial charge on any atom is -0.497 e. The molecule has 1 fully saturated rings. The van der Waals surface area contributed by atoms with Gasteiger partial charge in [0.05, 0.1) is 25.0 Å². The van der Waals surface area contributed by atoms with E-state index in [9.17, 15) is 0 Å². The van der Waals surface area contributed by atoms with Gasteiger partial charge in [-0.05, 0) is 31.5 Å². The SMILES string of the molecule is COc1cccc(-c2[nH]ncc2CN2CCC[C@@H]2c2cc(C(C)C)on2)c1. The molecule has 3 aromatic rings. The van der Waals surface area contributed by atoms with Crippen molar-refractivity contribution in [2.45, 2.75) is 45.2 Å². The highest BCUT2D eigenvalue weighted by Crippen LogP contribution is 2.35. The monoisotopic (exact) mass is 366 g/mol. The van der Waals surface area contributed by atoms with E-state index in [0.29, 0.717) is 12.0 Å². The minimum absolute atomic E-state index is 0.300. The molecule has 1 saturated heterocycles. The van der Waals surface area contributed by atoms with E-state index in [0.717, 1.165) is 48.0 Å². The van der Waals surface area contributed by atoms with Crippen LogP contribution in [-0.2, 0) is 6.54 Å². The maximum atomic E-state index is 5.53. The van der Waals surface area contributed by atoms with Crippen LogP contribution in [0.4, 0.5) is 0 Å². The number of H-pyrrole nitrogens is 1. The molecule has 1 aliphatic rings. The van der Waals surface area contributed by atoms with Crippen molar-refractivity contribution in [3.63, 3.8) is 0 Å². The second kappa shape index (κ2) is 7.56. The number of hydrogen-bond donors (Lipinski definition) is 1. The first-order valence-corrected chi connectivity index (χ1v) is 9.53. The predicted molar refractivity (Wildman–Crippen MR) is 104 cm³/mol. The van der Waals surface area contributed by atoms with Gasteiger partial charge in [-0.2, -0.15) is 5.10 Å². The number of rotatable bonds is 6. The highest BCUT2D eigenvalue weighted by molar-refractivity contribution is 5.64. The van der Waals surface area contributed by atoms with Crippen molar-refractivity contribution in [2.75, 3.05) is 13.7 Å². The molecule has 6 nitrogen and oxygen atoms in total. The van der Waals surface area contributed by atoms with E-state index in [4.69, 9.17) is 9.26 Å². The third-order valence-electron chi connectivity index (χ3n) is 5.27. The van der Waals surface area contributed by atoms with Crippen molar-refractivity contribution in [3.05, 3.63) is 53.5 Å². The summed E-state index contributed by atoms with van der Waals surface area (Å²) in [6.07, 6.45) is 4.20. The lowest BCUT2D eigenvalue weighted by Crippen LogP contribution is -2.23. The Labute approximate surface area is 159 Å². The van der Waals surface area contributed by atoms with Gasteiger partial charge in [-0.15, -0.1) is 0 Å². The van der Waals surface area contributed by atoms with Gasteiger partial charge in [0.2, 0.25) is 0 Å². The van der Waals surface area contributed by atoms with Gasteiger partial charge in [-0.25, -0.2) is 0 Å². The molecular weight excluding hydrogens is 340 g/mol. The van der Waals surface area contributed by atoms with Crippen LogP contribution in [0, 0.1) is 0 Å². The second-order valence-electron chi connectivity index (χ2n) is 7.44. The van der Waals surface area contributed by atoms with Crippen molar-refractivity contribution in [3.8, 4) is 17.0 Å². The third-order valence-corrected chi connectivity index (χ3v) is 5.27. The van der Waals surface area contributed by atoms with Crippen LogP contribution in [0.1, 0.15) is 55.7 Å². The normalized spacial score (nSPS) is 17.7. The van der Waals surface area contributed by atoms with Crippen LogP contribution < -0.4 is 4.74 Å². The summed E-state index contributed by atoms with van der Waals surface area (Å²) in [4.78, 5) is 2.47. The fourth-order valence-electron chi connectivity index (χ4n) is 3.76. The molecule has 0 amide bonds. The van der Waals surface area contributed by atoms with Crippen molar-refractivity contribution in [2.24, 2.45) is 0 Å². The van der Waals surface area contributed by atoms with E-state index in [1.807, 2.05) is 24.4 Å². The molecule has 6 heteroatoms. The molecule has 0 unspecified atom stereocenters. The molecule has 2 aromatic heterocycles. The molecule has 0 saturated carbocycles. The van der Waals surface area contributed by atoms with E-state index < -0.39 is 0 Å². The lowest BCUT2D eigenvalue weighted by atomic mass is 10.1. The number of aromatic amines is 1. The summed E-state index contributed by atoms with van der Waals surface area (Å²) in [7, 11) is 1.69. The molecule has 1 N–H and O–H groups in total. The standard InChI is InChI=1S/C21H26N4O2/c1-14(2)20-11-18(24-27-20)19-8-5-9-25(19)13-16-12-22-23-21(16)15-6-4-7-17(10-15)26-3/h4,6-7,10-12,14,19H,5,8-9,13H2,1-3H3,(H,22,23)/t19-/m1/s1. The van der Waals surface area contributed by atoms with Crippen molar-refractivity contribution >= 4 is 0 Å². The van der Waals surface area contributed by atoms with Crippen LogP contribution >= 0.6 is 0 Å². The summed E-state index contributed by atoms with van der Waals surface area (Å²) in [6.45, 7) is 6.14. The smallest absolute Gasteiger partial charge is 0.139 e. The number of nitrogens with one attached hydrogen (secondary N) is 1. The zero-order valence-electron chi connectivity index (χ0n) is 16.1. The minimum atomic E-state index is 0.300. The largest absolute Gasteiger partial charge is 0.497 e. The highest BCUT2D eigenvalue weighted by atomic mass is 16.5. The summed E-state index contributed by atoms with van der Waals surface area (Å²) in [6, 6.07) is 10.5. The Kier molecular flexibility index (Phi) is 4.99. The molecule has 27 heavy (non-hydrogen) atoms. The Morgan fingerprint density at radius 1 is 1.33 bits per heavy atom. The van der Waals surface area contributed by atoms with E-state index in [1.54, 1.807) is 7.11 Å². The lowest BCUT2D eigenvalue weighted by molar-refractivity contribution is 0.236. The number of methoxy groups -OCH3 is 1. The Morgan fingerprint density at radius 3 is 3.00 bits per heavy atom. The van der Waals surface area contributed by atoms with E-state index in [1.165, 1.54) is 12.0 Å². The molecule has 1 aliphatic heterocycles. The Hall–Kier alpha value is -2.60. The lowest BCUT2D eigenvalue weighted by Gasteiger charge is -2.22. The van der Waals surface area contributed by atoms with Gasteiger partial charge in [0, 0.05) is 29.7 Å². The summed E-state index contributed by atoms with van der Waals surface area (Å²) in [5.74, 6) is 2.16. The molecule has 0 spiro atoms. The fraction of sp³-hybridized carbons (Fsp3) is 0.429. The van der Waals surface area contributed by atoms with Crippen molar-refractivity contribution in [1.29, 1.82) is 0 Å². The van der Waals surface area contributed by atoms with Crippen LogP contribution in [-0.4, -0.2) is 33.9 Å². The molecule has 0 bridgehead atoms. The topological polar surface area (TPSA) is 67.2 Å². The molecular formula is C21H26N4O2. The number of aromatic nitrogens is 3. The Balaban J connectivity index is 1.56. The van der Waals surface area contributed by atoms with Crippen molar-refractivity contribution in [1.82, 2.24) is 20.3 Å². The van der Waals surface area contributed by atoms with E-state index >= 15 is 0 Å². The third kappa shape index (κ3) is 3.62. The summed E-state index contributed by atoms with van der Waals surface area (Å²) >= 11 is 0. The predicted octanol–water partition coefficient (Wildman–Crippen LogP) is 4.53. The number of nitrogens with zero attached hydrogens (tertiary/aromatic N) is 3. The Bertz CT molecular complexity index is 899. The molecule has 4 rings (SSSR count). The van der Waals surface area contributed by atoms with E-state index in [-0.39, 0.29) is 0 Å². The molecule has 1 atom stereocenters. The van der Waals surface area contributed by atoms with Gasteiger partial charge < -0.3 is 9.26 Å². The first kappa shape index (κ1) is 17.8. The fourth-order valence-corrected chi connectivity index (χ4v) is 3.76. The molecule has 0 radical (unpaired) electrons. The van der Waals surface area contributed by atoms with Gasteiger partial charge in [0.1, 0.15) is 17.2 Å². The number of benzene rings is 1. The maximum absolute atomic E-state index is 5.53. The highest BCUT2D eigenvalue weighted by Gasteiger charge is 2.30. The Morgan fingerprint density at radius 2 is 2.22 bits per heavy atom. The summed E-state index contributed by atoms with van der Waals surface area (Å²) in [5.41, 5.74) is 4.36. The number of ether oxygens (including phenoxy) is 1. The summed E-state index contributed by atoms with van der Waals surface area (Å²) < 4.78 is 10.9. The summed E-state index contributed by atoms with van der Waals surface area (Å²) in [5, 5.41) is 11.8. The molecule has 142 valence electrons. The second-order valence-corrected chi connectivity index (χ2v) is 7.44.